The molecule has 3 atom stereocenters. The van der Waals surface area contributed by atoms with Crippen LogP contribution < -0.4 is 9.47 Å². The summed E-state index contributed by atoms with van der Waals surface area (Å²) in [6.07, 6.45) is 1.00. The Morgan fingerprint density at radius 1 is 1.08 bits per heavy atom. The van der Waals surface area contributed by atoms with Crippen molar-refractivity contribution in [3.8, 4) is 17.2 Å². The molecule has 0 spiro atoms. The number of hydrogen-bond donors (Lipinski definition) is 0. The van der Waals surface area contributed by atoms with Crippen LogP contribution in [0.4, 0.5) is 0 Å². The third-order valence-electron chi connectivity index (χ3n) is 6.12. The molecule has 0 saturated carbocycles. The van der Waals surface area contributed by atoms with E-state index in [1.165, 1.54) is 26.6 Å². The Kier molecular flexibility index (Phi) is 9.39. The van der Waals surface area contributed by atoms with Crippen molar-refractivity contribution in [1.82, 2.24) is 24.7 Å². The number of halogens is 1. The Balaban J connectivity index is 1.79. The Bertz CT molecular complexity index is 1340. The Hall–Kier alpha value is -2.84. The van der Waals surface area contributed by atoms with Gasteiger partial charge in [-0.25, -0.2) is 18.4 Å². The van der Waals surface area contributed by atoms with Gasteiger partial charge in [-0.3, -0.25) is 4.57 Å². The standard InChI is InChI=1S/C25H32ClN5O7S/c1-15(2)38-23(24-27-11-17(26)12-28-24)16(3)39(32,33)14-21-29-30-25(20-13-36-9-10-37-20)31(21)22-18(34-4)7-6-8-19(22)35-5/h6-8,11-12,15-16,20,23H,9-10,13-14H2,1-5H3/t16-,20+,23+/m0/s1. The van der Waals surface area contributed by atoms with Crippen molar-refractivity contribution in [2.45, 2.75) is 50.1 Å². The fourth-order valence-corrected chi connectivity index (χ4v) is 5.68. The van der Waals surface area contributed by atoms with Crippen molar-refractivity contribution in [3.05, 3.63) is 53.1 Å². The summed E-state index contributed by atoms with van der Waals surface area (Å²) in [6.45, 7) is 6.23. The highest BCUT2D eigenvalue weighted by Crippen LogP contribution is 2.37. The average Bonchev–Trinajstić information content (AvgIpc) is 3.33. The molecular weight excluding hydrogens is 550 g/mol. The molecule has 12 nitrogen and oxygen atoms in total. The third kappa shape index (κ3) is 6.49. The highest BCUT2D eigenvalue weighted by Gasteiger charge is 2.37. The van der Waals surface area contributed by atoms with Crippen molar-refractivity contribution in [3.63, 3.8) is 0 Å². The summed E-state index contributed by atoms with van der Waals surface area (Å²) in [4.78, 5) is 8.44. The van der Waals surface area contributed by atoms with Crippen molar-refractivity contribution in [2.24, 2.45) is 0 Å². The number of ether oxygens (including phenoxy) is 5. The number of rotatable bonds is 11. The summed E-state index contributed by atoms with van der Waals surface area (Å²) >= 11 is 5.95. The van der Waals surface area contributed by atoms with Crippen LogP contribution in [0.15, 0.2) is 30.6 Å². The van der Waals surface area contributed by atoms with Crippen LogP contribution in [0, 0.1) is 0 Å². The van der Waals surface area contributed by atoms with Gasteiger partial charge in [-0.05, 0) is 32.9 Å². The molecule has 1 aliphatic rings. The zero-order valence-electron chi connectivity index (χ0n) is 22.4. The van der Waals surface area contributed by atoms with E-state index in [-0.39, 0.29) is 24.4 Å². The number of hydrogen-bond acceptors (Lipinski definition) is 11. The Morgan fingerprint density at radius 2 is 1.74 bits per heavy atom. The summed E-state index contributed by atoms with van der Waals surface area (Å²) < 4.78 is 58.0. The molecule has 1 aliphatic heterocycles. The molecule has 0 aliphatic carbocycles. The molecule has 1 saturated heterocycles. The minimum atomic E-state index is -3.92. The Morgan fingerprint density at radius 3 is 2.31 bits per heavy atom. The van der Waals surface area contributed by atoms with Crippen molar-refractivity contribution < 1.29 is 32.1 Å². The molecule has 0 unspecified atom stereocenters. The van der Waals surface area contributed by atoms with Crippen LogP contribution in [-0.4, -0.2) is 78.5 Å². The van der Waals surface area contributed by atoms with E-state index >= 15 is 0 Å². The maximum atomic E-state index is 13.9. The monoisotopic (exact) mass is 581 g/mol. The van der Waals surface area contributed by atoms with Gasteiger partial charge in [0, 0.05) is 12.4 Å². The van der Waals surface area contributed by atoms with Crippen molar-refractivity contribution >= 4 is 21.4 Å². The zero-order chi connectivity index (χ0) is 28.2. The number of nitrogens with zero attached hydrogens (tertiary/aromatic N) is 5. The topological polar surface area (TPSA) is 137 Å². The van der Waals surface area contributed by atoms with Gasteiger partial charge in [0.2, 0.25) is 0 Å². The van der Waals surface area contributed by atoms with E-state index in [9.17, 15) is 8.42 Å². The van der Waals surface area contributed by atoms with Gasteiger partial charge >= 0.3 is 0 Å². The zero-order valence-corrected chi connectivity index (χ0v) is 24.0. The van der Waals surface area contributed by atoms with Crippen molar-refractivity contribution in [1.29, 1.82) is 0 Å². The highest BCUT2D eigenvalue weighted by atomic mass is 35.5. The van der Waals surface area contributed by atoms with E-state index in [1.54, 1.807) is 29.7 Å². The first-order valence-electron chi connectivity index (χ1n) is 12.4. The van der Waals surface area contributed by atoms with Crippen LogP contribution in [0.25, 0.3) is 5.69 Å². The Labute approximate surface area is 232 Å². The number of sulfone groups is 1. The van der Waals surface area contributed by atoms with Gasteiger partial charge in [0.15, 0.2) is 27.3 Å². The predicted octanol–water partition coefficient (Wildman–Crippen LogP) is 3.29. The molecule has 0 N–H and O–H groups in total. The summed E-state index contributed by atoms with van der Waals surface area (Å²) in [5, 5.41) is 7.91. The molecule has 3 heterocycles. The maximum absolute atomic E-state index is 13.9. The predicted molar refractivity (Wildman–Crippen MR) is 142 cm³/mol. The van der Waals surface area contributed by atoms with Gasteiger partial charge in [0.1, 0.15) is 35.1 Å². The first-order chi connectivity index (χ1) is 18.7. The van der Waals surface area contributed by atoms with Gasteiger partial charge in [-0.1, -0.05) is 17.7 Å². The number of para-hydroxylation sites is 1. The van der Waals surface area contributed by atoms with Crippen LogP contribution in [-0.2, 0) is 29.8 Å². The summed E-state index contributed by atoms with van der Waals surface area (Å²) in [5.41, 5.74) is 0.450. The normalized spacial score (nSPS) is 17.7. The lowest BCUT2D eigenvalue weighted by molar-refractivity contribution is -0.0942. The minimum absolute atomic E-state index is 0.147. The smallest absolute Gasteiger partial charge is 0.169 e. The van der Waals surface area contributed by atoms with E-state index in [0.717, 1.165) is 0 Å². The second-order valence-electron chi connectivity index (χ2n) is 9.13. The minimum Gasteiger partial charge on any atom is -0.494 e. The van der Waals surface area contributed by atoms with E-state index in [4.69, 9.17) is 35.3 Å². The molecule has 4 rings (SSSR count). The van der Waals surface area contributed by atoms with Crippen molar-refractivity contribution in [2.75, 3.05) is 34.0 Å². The molecule has 0 radical (unpaired) electrons. The second kappa shape index (κ2) is 12.6. The average molecular weight is 582 g/mol. The maximum Gasteiger partial charge on any atom is 0.169 e. The molecule has 2 aromatic heterocycles. The van der Waals surface area contributed by atoms with Gasteiger partial charge in [0.05, 0.1) is 50.4 Å². The quantitative estimate of drug-likeness (QED) is 0.330. The molecule has 0 bridgehead atoms. The van der Waals surface area contributed by atoms with E-state index < -0.39 is 33.0 Å². The molecule has 1 aromatic carbocycles. The lowest BCUT2D eigenvalue weighted by Crippen LogP contribution is -2.32. The summed E-state index contributed by atoms with van der Waals surface area (Å²) in [6, 6.07) is 5.25. The van der Waals surface area contributed by atoms with E-state index in [0.29, 0.717) is 41.2 Å². The number of methoxy groups -OCH3 is 2. The van der Waals surface area contributed by atoms with Crippen LogP contribution in [0.5, 0.6) is 11.5 Å². The largest absolute Gasteiger partial charge is 0.494 e. The fraction of sp³-hybridized carbons (Fsp3) is 0.520. The first kappa shape index (κ1) is 29.2. The molecule has 0 amide bonds. The lowest BCUT2D eigenvalue weighted by atomic mass is 10.2. The third-order valence-corrected chi connectivity index (χ3v) is 8.36. The SMILES string of the molecule is COc1cccc(OC)c1-n1c(CS(=O)(=O)[C@@H](C)[C@@H](OC(C)C)c2ncc(Cl)cn2)nnc1[C@H]1COCCO1. The highest BCUT2D eigenvalue weighted by molar-refractivity contribution is 7.91. The molecule has 39 heavy (non-hydrogen) atoms. The van der Waals surface area contributed by atoms with Crippen LogP contribution in [0.2, 0.25) is 5.02 Å². The van der Waals surface area contributed by atoms with Gasteiger partial charge in [0.25, 0.3) is 0 Å². The molecular formula is C25H32ClN5O7S. The van der Waals surface area contributed by atoms with Gasteiger partial charge in [-0.15, -0.1) is 10.2 Å². The van der Waals surface area contributed by atoms with Crippen LogP contribution in [0.1, 0.15) is 50.5 Å². The van der Waals surface area contributed by atoms with Crippen LogP contribution in [0.3, 0.4) is 0 Å². The van der Waals surface area contributed by atoms with E-state index in [2.05, 4.69) is 20.2 Å². The second-order valence-corrected chi connectivity index (χ2v) is 11.9. The molecule has 3 aromatic rings. The fourth-order valence-electron chi connectivity index (χ4n) is 4.21. The molecule has 212 valence electrons. The van der Waals surface area contributed by atoms with Gasteiger partial charge in [-0.2, -0.15) is 0 Å². The molecule has 1 fully saturated rings. The molecule has 14 heteroatoms. The van der Waals surface area contributed by atoms with E-state index in [1.807, 2.05) is 13.8 Å². The summed E-state index contributed by atoms with van der Waals surface area (Å²) in [7, 11) is -0.889. The van der Waals surface area contributed by atoms with Gasteiger partial charge < -0.3 is 23.7 Å². The lowest BCUT2D eigenvalue weighted by Gasteiger charge is -2.26. The summed E-state index contributed by atoms with van der Waals surface area (Å²) in [5.74, 6) is 1.14. The van der Waals surface area contributed by atoms with Crippen LogP contribution >= 0.6 is 11.6 Å². The first-order valence-corrected chi connectivity index (χ1v) is 14.4. The number of benzene rings is 1. The number of aromatic nitrogens is 5.